The number of rotatable bonds is 6. The van der Waals surface area contributed by atoms with Crippen LogP contribution in [0.2, 0.25) is 5.02 Å². The Balaban J connectivity index is 2.69. The van der Waals surface area contributed by atoms with Gasteiger partial charge in [-0.1, -0.05) is 23.7 Å². The maximum Gasteiger partial charge on any atom is 0.310 e. The molecule has 4 heteroatoms. The Hall–Kier alpha value is -1.06. The molecule has 0 aliphatic carbocycles. The van der Waals surface area contributed by atoms with E-state index in [9.17, 15) is 4.79 Å². The van der Waals surface area contributed by atoms with Gasteiger partial charge in [-0.15, -0.1) is 0 Å². The lowest BCUT2D eigenvalue weighted by atomic mass is 9.94. The average Bonchev–Trinajstić information content (AvgIpc) is 2.26. The van der Waals surface area contributed by atoms with Crippen LogP contribution in [0.5, 0.6) is 0 Å². The number of carbonyl (C=O) groups is 1. The Kier molecular flexibility index (Phi) is 5.29. The Morgan fingerprint density at radius 3 is 2.38 bits per heavy atom. The molecule has 0 amide bonds. The van der Waals surface area contributed by atoms with Gasteiger partial charge in [0.05, 0.1) is 5.92 Å². The van der Waals surface area contributed by atoms with E-state index in [2.05, 4.69) is 0 Å². The van der Waals surface area contributed by atoms with E-state index in [0.717, 1.165) is 5.56 Å². The molecule has 88 valence electrons. The standard InChI is InChI=1S/C12H15ClO3/c13-10-6-4-9(5-7-10)11(12(15)16)3-1-2-8-14/h4-7,11,14H,1-3,8H2,(H,15,16). The molecular weight excluding hydrogens is 228 g/mol. The number of aliphatic hydroxyl groups excluding tert-OH is 1. The number of aliphatic hydroxyl groups is 1. The zero-order valence-corrected chi connectivity index (χ0v) is 9.65. The van der Waals surface area contributed by atoms with Crippen LogP contribution >= 0.6 is 11.6 Å². The number of carboxylic acid groups (broad SMARTS) is 1. The lowest BCUT2D eigenvalue weighted by Crippen LogP contribution is -2.11. The Morgan fingerprint density at radius 2 is 1.88 bits per heavy atom. The molecule has 1 rings (SSSR count). The number of unbranched alkanes of at least 4 members (excludes halogenated alkanes) is 1. The van der Waals surface area contributed by atoms with Gasteiger partial charge in [0.1, 0.15) is 0 Å². The summed E-state index contributed by atoms with van der Waals surface area (Å²) >= 11 is 5.74. The van der Waals surface area contributed by atoms with Gasteiger partial charge >= 0.3 is 5.97 Å². The zero-order valence-electron chi connectivity index (χ0n) is 8.90. The van der Waals surface area contributed by atoms with Crippen molar-refractivity contribution < 1.29 is 15.0 Å². The lowest BCUT2D eigenvalue weighted by molar-refractivity contribution is -0.139. The molecule has 0 spiro atoms. The first-order chi connectivity index (χ1) is 7.65. The number of hydrogen-bond acceptors (Lipinski definition) is 2. The van der Waals surface area contributed by atoms with Crippen molar-refractivity contribution in [3.8, 4) is 0 Å². The Bertz CT molecular complexity index is 335. The number of aliphatic carboxylic acids is 1. The van der Waals surface area contributed by atoms with Gasteiger partial charge in [-0.3, -0.25) is 4.79 Å². The summed E-state index contributed by atoms with van der Waals surface area (Å²) in [6.45, 7) is 0.104. The van der Waals surface area contributed by atoms with E-state index in [1.165, 1.54) is 0 Å². The summed E-state index contributed by atoms with van der Waals surface area (Å²) in [6.07, 6.45) is 1.88. The van der Waals surface area contributed by atoms with Crippen molar-refractivity contribution in [1.82, 2.24) is 0 Å². The van der Waals surface area contributed by atoms with Crippen LogP contribution in [0, 0.1) is 0 Å². The first-order valence-electron chi connectivity index (χ1n) is 5.24. The molecule has 0 fully saturated rings. The van der Waals surface area contributed by atoms with Gasteiger partial charge in [-0.25, -0.2) is 0 Å². The summed E-state index contributed by atoms with van der Waals surface area (Å²) in [5, 5.41) is 18.4. The number of halogens is 1. The summed E-state index contributed by atoms with van der Waals surface area (Å²) in [6, 6.07) is 6.86. The fourth-order valence-corrected chi connectivity index (χ4v) is 1.71. The van der Waals surface area contributed by atoms with E-state index in [-0.39, 0.29) is 6.61 Å². The highest BCUT2D eigenvalue weighted by Gasteiger charge is 2.18. The van der Waals surface area contributed by atoms with Crippen LogP contribution in [0.15, 0.2) is 24.3 Å². The van der Waals surface area contributed by atoms with Gasteiger partial charge in [0.25, 0.3) is 0 Å². The summed E-state index contributed by atoms with van der Waals surface area (Å²) in [5.41, 5.74) is 0.759. The van der Waals surface area contributed by atoms with Crippen LogP contribution in [0.1, 0.15) is 30.7 Å². The molecule has 0 saturated carbocycles. The molecule has 0 heterocycles. The van der Waals surface area contributed by atoms with Crippen molar-refractivity contribution in [2.75, 3.05) is 6.61 Å². The lowest BCUT2D eigenvalue weighted by Gasteiger charge is -2.12. The van der Waals surface area contributed by atoms with Crippen LogP contribution in [0.3, 0.4) is 0 Å². The molecule has 1 aromatic rings. The van der Waals surface area contributed by atoms with E-state index in [1.807, 2.05) is 0 Å². The molecule has 1 unspecified atom stereocenters. The third kappa shape index (κ3) is 3.83. The fourth-order valence-electron chi connectivity index (χ4n) is 1.59. The highest BCUT2D eigenvalue weighted by Crippen LogP contribution is 2.23. The molecule has 1 atom stereocenters. The number of benzene rings is 1. The maximum absolute atomic E-state index is 11.1. The van der Waals surface area contributed by atoms with Gasteiger partial charge in [0, 0.05) is 11.6 Å². The van der Waals surface area contributed by atoms with Crippen molar-refractivity contribution in [1.29, 1.82) is 0 Å². The SMILES string of the molecule is O=C(O)C(CCCCO)c1ccc(Cl)cc1. The first-order valence-corrected chi connectivity index (χ1v) is 5.62. The smallest absolute Gasteiger partial charge is 0.310 e. The van der Waals surface area contributed by atoms with Crippen molar-refractivity contribution >= 4 is 17.6 Å². The maximum atomic E-state index is 11.1. The van der Waals surface area contributed by atoms with Crippen molar-refractivity contribution in [3.63, 3.8) is 0 Å². The summed E-state index contributed by atoms with van der Waals surface area (Å²) < 4.78 is 0. The molecule has 0 saturated heterocycles. The molecule has 3 nitrogen and oxygen atoms in total. The zero-order chi connectivity index (χ0) is 12.0. The second-order valence-electron chi connectivity index (χ2n) is 3.66. The van der Waals surface area contributed by atoms with Gasteiger partial charge < -0.3 is 10.2 Å². The van der Waals surface area contributed by atoms with Crippen LogP contribution in [-0.4, -0.2) is 22.8 Å². The summed E-state index contributed by atoms with van der Waals surface area (Å²) in [5.74, 6) is -1.34. The molecule has 16 heavy (non-hydrogen) atoms. The van der Waals surface area contributed by atoms with E-state index < -0.39 is 11.9 Å². The van der Waals surface area contributed by atoms with E-state index >= 15 is 0 Å². The normalized spacial score (nSPS) is 12.4. The third-order valence-electron chi connectivity index (χ3n) is 2.47. The molecule has 0 radical (unpaired) electrons. The van der Waals surface area contributed by atoms with E-state index in [0.29, 0.717) is 24.3 Å². The van der Waals surface area contributed by atoms with Crippen molar-refractivity contribution in [2.24, 2.45) is 0 Å². The van der Waals surface area contributed by atoms with Crippen LogP contribution in [0.4, 0.5) is 0 Å². The molecule has 0 aliphatic rings. The Labute approximate surface area is 99.7 Å². The molecule has 0 aromatic heterocycles. The monoisotopic (exact) mass is 242 g/mol. The minimum atomic E-state index is -0.833. The topological polar surface area (TPSA) is 57.5 Å². The van der Waals surface area contributed by atoms with Crippen molar-refractivity contribution in [2.45, 2.75) is 25.2 Å². The van der Waals surface area contributed by atoms with Gasteiger partial charge in [-0.05, 0) is 37.0 Å². The van der Waals surface area contributed by atoms with Crippen LogP contribution in [-0.2, 0) is 4.79 Å². The van der Waals surface area contributed by atoms with Gasteiger partial charge in [-0.2, -0.15) is 0 Å². The second-order valence-corrected chi connectivity index (χ2v) is 4.10. The number of carboxylic acids is 1. The first kappa shape index (κ1) is 13.0. The molecule has 1 aromatic carbocycles. The van der Waals surface area contributed by atoms with Crippen LogP contribution in [0.25, 0.3) is 0 Å². The number of hydrogen-bond donors (Lipinski definition) is 2. The quantitative estimate of drug-likeness (QED) is 0.754. The Morgan fingerprint density at radius 1 is 1.25 bits per heavy atom. The minimum Gasteiger partial charge on any atom is -0.481 e. The van der Waals surface area contributed by atoms with Crippen molar-refractivity contribution in [3.05, 3.63) is 34.9 Å². The average molecular weight is 243 g/mol. The van der Waals surface area contributed by atoms with E-state index in [1.54, 1.807) is 24.3 Å². The van der Waals surface area contributed by atoms with Gasteiger partial charge in [0.15, 0.2) is 0 Å². The third-order valence-corrected chi connectivity index (χ3v) is 2.72. The fraction of sp³-hybridized carbons (Fsp3) is 0.417. The van der Waals surface area contributed by atoms with Crippen LogP contribution < -0.4 is 0 Å². The predicted octanol–water partition coefficient (Wildman–Crippen LogP) is 2.67. The molecule has 0 aliphatic heterocycles. The summed E-state index contributed by atoms with van der Waals surface area (Å²) in [4.78, 5) is 11.1. The van der Waals surface area contributed by atoms with E-state index in [4.69, 9.17) is 21.8 Å². The highest BCUT2D eigenvalue weighted by atomic mass is 35.5. The van der Waals surface area contributed by atoms with Gasteiger partial charge in [0.2, 0.25) is 0 Å². The predicted molar refractivity (Wildman–Crippen MR) is 62.8 cm³/mol. The largest absolute Gasteiger partial charge is 0.481 e. The molecular formula is C12H15ClO3. The second kappa shape index (κ2) is 6.51. The molecule has 2 N–H and O–H groups in total. The highest BCUT2D eigenvalue weighted by molar-refractivity contribution is 6.30. The molecule has 0 bridgehead atoms. The minimum absolute atomic E-state index is 0.104. The summed E-state index contributed by atoms with van der Waals surface area (Å²) in [7, 11) is 0.